The highest BCUT2D eigenvalue weighted by Crippen LogP contribution is 2.37. The van der Waals surface area contributed by atoms with Gasteiger partial charge in [0.25, 0.3) is 0 Å². The van der Waals surface area contributed by atoms with Crippen LogP contribution in [0.4, 0.5) is 11.4 Å². The first kappa shape index (κ1) is 9.65. The fourth-order valence-corrected chi connectivity index (χ4v) is 2.29. The number of ether oxygens (including phenoxy) is 2. The molecule has 0 amide bonds. The highest BCUT2D eigenvalue weighted by Gasteiger charge is 2.35. The highest BCUT2D eigenvalue weighted by atomic mass is 16.6. The second-order valence-electron chi connectivity index (χ2n) is 4.36. The van der Waals surface area contributed by atoms with Crippen molar-refractivity contribution in [3.05, 3.63) is 48.5 Å². The number of benzene rings is 2. The Morgan fingerprint density at radius 3 is 1.56 bits per heavy atom. The van der Waals surface area contributed by atoms with Gasteiger partial charge in [-0.05, 0) is 24.3 Å². The van der Waals surface area contributed by atoms with Crippen molar-refractivity contribution < 1.29 is 9.47 Å². The molecule has 2 heterocycles. The second-order valence-corrected chi connectivity index (χ2v) is 4.36. The van der Waals surface area contributed by atoms with E-state index in [1.165, 1.54) is 0 Å². The van der Waals surface area contributed by atoms with Gasteiger partial charge in [-0.15, -0.1) is 0 Å². The van der Waals surface area contributed by atoms with Gasteiger partial charge in [0, 0.05) is 0 Å². The first-order chi connectivity index (χ1) is 8.90. The minimum absolute atomic E-state index is 0.213. The second kappa shape index (κ2) is 3.57. The summed E-state index contributed by atoms with van der Waals surface area (Å²) in [6.07, 6.45) is -0.426. The molecule has 2 aliphatic heterocycles. The van der Waals surface area contributed by atoms with Gasteiger partial charge in [0.05, 0.1) is 11.4 Å². The van der Waals surface area contributed by atoms with Crippen molar-refractivity contribution >= 4 is 11.4 Å². The molecule has 2 aromatic carbocycles. The topological polar surface area (TPSA) is 42.5 Å². The van der Waals surface area contributed by atoms with E-state index in [1.54, 1.807) is 0 Å². The fourth-order valence-electron chi connectivity index (χ4n) is 2.29. The third-order valence-electron chi connectivity index (χ3n) is 3.15. The minimum atomic E-state index is -0.213. The van der Waals surface area contributed by atoms with E-state index >= 15 is 0 Å². The van der Waals surface area contributed by atoms with Crippen molar-refractivity contribution in [2.75, 3.05) is 10.6 Å². The van der Waals surface area contributed by atoms with E-state index in [1.807, 2.05) is 48.5 Å². The van der Waals surface area contributed by atoms with Crippen LogP contribution in [0.3, 0.4) is 0 Å². The quantitative estimate of drug-likeness (QED) is 0.804. The molecule has 90 valence electrons. The smallest absolute Gasteiger partial charge is 0.226 e. The molecule has 4 nitrogen and oxygen atoms in total. The van der Waals surface area contributed by atoms with Gasteiger partial charge < -0.3 is 20.1 Å². The molecule has 0 radical (unpaired) electrons. The molecule has 0 saturated heterocycles. The monoisotopic (exact) mass is 240 g/mol. The fraction of sp³-hybridized carbons (Fsp3) is 0.143. The molecule has 4 heteroatoms. The maximum absolute atomic E-state index is 5.82. The van der Waals surface area contributed by atoms with Gasteiger partial charge in [-0.25, -0.2) is 0 Å². The van der Waals surface area contributed by atoms with E-state index in [2.05, 4.69) is 10.6 Å². The summed E-state index contributed by atoms with van der Waals surface area (Å²) in [5, 5.41) is 6.60. The summed E-state index contributed by atoms with van der Waals surface area (Å²) < 4.78 is 11.6. The molecule has 2 unspecified atom stereocenters. The van der Waals surface area contributed by atoms with Crippen molar-refractivity contribution in [2.45, 2.75) is 12.5 Å². The van der Waals surface area contributed by atoms with E-state index in [4.69, 9.17) is 9.47 Å². The Morgan fingerprint density at radius 1 is 0.667 bits per heavy atom. The third kappa shape index (κ3) is 1.39. The van der Waals surface area contributed by atoms with E-state index in [9.17, 15) is 0 Å². The third-order valence-corrected chi connectivity index (χ3v) is 3.15. The Morgan fingerprint density at radius 2 is 1.11 bits per heavy atom. The number of hydrogen-bond donors (Lipinski definition) is 2. The lowest BCUT2D eigenvalue weighted by atomic mass is 10.3. The van der Waals surface area contributed by atoms with Crippen molar-refractivity contribution in [2.24, 2.45) is 0 Å². The van der Waals surface area contributed by atoms with Crippen LogP contribution in [0.15, 0.2) is 48.5 Å². The molecule has 0 spiro atoms. The number of para-hydroxylation sites is 4. The van der Waals surface area contributed by atoms with Crippen LogP contribution in [0.5, 0.6) is 11.5 Å². The van der Waals surface area contributed by atoms with Crippen molar-refractivity contribution in [3.63, 3.8) is 0 Å². The maximum atomic E-state index is 5.82. The van der Waals surface area contributed by atoms with E-state index in [0.717, 1.165) is 22.9 Å². The minimum Gasteiger partial charge on any atom is -0.462 e. The summed E-state index contributed by atoms with van der Waals surface area (Å²) in [5.74, 6) is 1.73. The molecular weight excluding hydrogens is 228 g/mol. The molecule has 2 aliphatic rings. The van der Waals surface area contributed by atoms with Crippen LogP contribution in [0.1, 0.15) is 0 Å². The van der Waals surface area contributed by atoms with Gasteiger partial charge >= 0.3 is 0 Å². The molecule has 2 N–H and O–H groups in total. The average molecular weight is 240 g/mol. The molecular formula is C14H12N2O2. The molecule has 0 aromatic heterocycles. The van der Waals surface area contributed by atoms with Crippen LogP contribution >= 0.6 is 0 Å². The first-order valence-corrected chi connectivity index (χ1v) is 5.95. The molecule has 4 rings (SSSR count). The Hall–Kier alpha value is -2.36. The lowest BCUT2D eigenvalue weighted by molar-refractivity contribution is 0.113. The van der Waals surface area contributed by atoms with Crippen LogP contribution in [0, 0.1) is 0 Å². The highest BCUT2D eigenvalue weighted by molar-refractivity contribution is 5.63. The van der Waals surface area contributed by atoms with Gasteiger partial charge in [0.1, 0.15) is 11.5 Å². The molecule has 2 atom stereocenters. The first-order valence-electron chi connectivity index (χ1n) is 5.95. The number of hydrogen-bond acceptors (Lipinski definition) is 4. The van der Waals surface area contributed by atoms with Crippen LogP contribution in [0.2, 0.25) is 0 Å². The molecule has 0 saturated carbocycles. The van der Waals surface area contributed by atoms with Gasteiger partial charge in [0.2, 0.25) is 12.5 Å². The van der Waals surface area contributed by atoms with Crippen molar-refractivity contribution in [1.29, 1.82) is 0 Å². The summed E-state index contributed by atoms with van der Waals surface area (Å²) in [6.45, 7) is 0. The molecule has 18 heavy (non-hydrogen) atoms. The molecule has 0 aliphatic carbocycles. The predicted octanol–water partition coefficient (Wildman–Crippen LogP) is 2.65. The van der Waals surface area contributed by atoms with Gasteiger partial charge in [-0.2, -0.15) is 0 Å². The number of rotatable bonds is 1. The average Bonchev–Trinajstić information content (AvgIpc) is 3.02. The summed E-state index contributed by atoms with van der Waals surface area (Å²) in [6, 6.07) is 15.8. The SMILES string of the molecule is c1ccc2c(c1)NC(C1Nc3ccccc3O1)O2. The summed E-state index contributed by atoms with van der Waals surface area (Å²) in [5.41, 5.74) is 2.01. The van der Waals surface area contributed by atoms with Crippen LogP contribution in [-0.4, -0.2) is 12.5 Å². The van der Waals surface area contributed by atoms with Gasteiger partial charge in [-0.1, -0.05) is 24.3 Å². The van der Waals surface area contributed by atoms with Gasteiger partial charge in [-0.3, -0.25) is 0 Å². The number of nitrogens with one attached hydrogen (secondary N) is 2. The van der Waals surface area contributed by atoms with Gasteiger partial charge in [0.15, 0.2) is 0 Å². The molecule has 0 bridgehead atoms. The molecule has 2 aromatic rings. The predicted molar refractivity (Wildman–Crippen MR) is 69.0 cm³/mol. The van der Waals surface area contributed by atoms with E-state index in [-0.39, 0.29) is 12.5 Å². The number of anilines is 2. The summed E-state index contributed by atoms with van der Waals surface area (Å²) >= 11 is 0. The van der Waals surface area contributed by atoms with E-state index < -0.39 is 0 Å². The zero-order chi connectivity index (χ0) is 11.9. The molecule has 0 fully saturated rings. The summed E-state index contributed by atoms with van der Waals surface area (Å²) in [4.78, 5) is 0. The zero-order valence-corrected chi connectivity index (χ0v) is 9.59. The number of fused-ring (bicyclic) bond motifs is 2. The Bertz CT molecular complexity index is 496. The van der Waals surface area contributed by atoms with Crippen LogP contribution in [-0.2, 0) is 0 Å². The summed E-state index contributed by atoms with van der Waals surface area (Å²) in [7, 11) is 0. The van der Waals surface area contributed by atoms with Crippen LogP contribution < -0.4 is 20.1 Å². The lowest BCUT2D eigenvalue weighted by Gasteiger charge is -2.18. The van der Waals surface area contributed by atoms with E-state index in [0.29, 0.717) is 0 Å². The van der Waals surface area contributed by atoms with Crippen molar-refractivity contribution in [3.8, 4) is 11.5 Å². The zero-order valence-electron chi connectivity index (χ0n) is 9.59. The lowest BCUT2D eigenvalue weighted by Crippen LogP contribution is -2.41. The van der Waals surface area contributed by atoms with Crippen LogP contribution in [0.25, 0.3) is 0 Å². The van der Waals surface area contributed by atoms with Crippen molar-refractivity contribution in [1.82, 2.24) is 0 Å². The standard InChI is InChI=1S/C14H12N2O2/c1-3-7-11-9(5-1)15-13(17-11)14-16-10-6-2-4-8-12(10)18-14/h1-8,13-16H. The Labute approximate surface area is 105 Å². The Balaban J connectivity index is 1.56. The maximum Gasteiger partial charge on any atom is 0.226 e. The largest absolute Gasteiger partial charge is 0.462 e. The normalized spacial score (nSPS) is 23.1. The Kier molecular flexibility index (Phi) is 1.91.